The molecule has 0 spiro atoms. The standard InChI is InChI=1S/C13H20N4O2/c1-14-12(18)10-5-6-11(16-15-10)17(2)9-13(19)7-3-4-8-13/h5-6,19H,3-4,7-9H2,1-2H3,(H,14,18). The highest BCUT2D eigenvalue weighted by Gasteiger charge is 2.32. The summed E-state index contributed by atoms with van der Waals surface area (Å²) in [5.41, 5.74) is -0.324. The third-order valence-electron chi connectivity index (χ3n) is 3.57. The number of carbonyl (C=O) groups excluding carboxylic acids is 1. The minimum atomic E-state index is -0.615. The van der Waals surface area contributed by atoms with E-state index in [1.807, 2.05) is 11.9 Å². The van der Waals surface area contributed by atoms with Crippen LogP contribution in [-0.2, 0) is 0 Å². The topological polar surface area (TPSA) is 78.4 Å². The molecule has 6 nitrogen and oxygen atoms in total. The Morgan fingerprint density at radius 1 is 1.42 bits per heavy atom. The molecule has 1 aromatic heterocycles. The Labute approximate surface area is 112 Å². The third kappa shape index (κ3) is 3.20. The summed E-state index contributed by atoms with van der Waals surface area (Å²) in [6.45, 7) is 0.543. The molecule has 104 valence electrons. The van der Waals surface area contributed by atoms with E-state index < -0.39 is 5.60 Å². The van der Waals surface area contributed by atoms with Gasteiger partial charge in [0.2, 0.25) is 0 Å². The van der Waals surface area contributed by atoms with E-state index >= 15 is 0 Å². The van der Waals surface area contributed by atoms with Gasteiger partial charge in [0, 0.05) is 20.6 Å². The second-order valence-electron chi connectivity index (χ2n) is 5.14. The molecule has 1 saturated carbocycles. The zero-order valence-electron chi connectivity index (χ0n) is 11.4. The van der Waals surface area contributed by atoms with Crippen molar-refractivity contribution in [1.29, 1.82) is 0 Å². The van der Waals surface area contributed by atoms with Gasteiger partial charge in [0.15, 0.2) is 11.5 Å². The van der Waals surface area contributed by atoms with E-state index in [0.717, 1.165) is 25.7 Å². The largest absolute Gasteiger partial charge is 0.388 e. The predicted molar refractivity (Wildman–Crippen MR) is 72.1 cm³/mol. The molecule has 1 heterocycles. The van der Waals surface area contributed by atoms with Crippen LogP contribution >= 0.6 is 0 Å². The molecule has 0 aliphatic heterocycles. The SMILES string of the molecule is CNC(=O)c1ccc(N(C)CC2(O)CCCC2)nn1. The molecule has 2 rings (SSSR count). The molecular formula is C13H20N4O2. The molecule has 1 aliphatic rings. The lowest BCUT2D eigenvalue weighted by Crippen LogP contribution is -2.39. The number of aliphatic hydroxyl groups is 1. The summed E-state index contributed by atoms with van der Waals surface area (Å²) in [6.07, 6.45) is 3.82. The summed E-state index contributed by atoms with van der Waals surface area (Å²) in [4.78, 5) is 13.2. The summed E-state index contributed by atoms with van der Waals surface area (Å²) < 4.78 is 0. The van der Waals surface area contributed by atoms with Crippen LogP contribution in [-0.4, -0.2) is 47.5 Å². The van der Waals surface area contributed by atoms with Crippen molar-refractivity contribution >= 4 is 11.7 Å². The number of amides is 1. The number of likely N-dealkylation sites (N-methyl/N-ethyl adjacent to an activating group) is 1. The van der Waals surface area contributed by atoms with Gasteiger partial charge < -0.3 is 15.3 Å². The van der Waals surface area contributed by atoms with Crippen molar-refractivity contribution in [3.63, 3.8) is 0 Å². The first kappa shape index (κ1) is 13.7. The van der Waals surface area contributed by atoms with Crippen molar-refractivity contribution in [2.24, 2.45) is 0 Å². The van der Waals surface area contributed by atoms with E-state index in [9.17, 15) is 9.90 Å². The Bertz CT molecular complexity index is 440. The van der Waals surface area contributed by atoms with Crippen molar-refractivity contribution in [2.45, 2.75) is 31.3 Å². The van der Waals surface area contributed by atoms with Gasteiger partial charge in [-0.15, -0.1) is 10.2 Å². The number of hydrogen-bond donors (Lipinski definition) is 2. The molecule has 6 heteroatoms. The average Bonchev–Trinajstić information content (AvgIpc) is 2.84. The van der Waals surface area contributed by atoms with E-state index in [2.05, 4.69) is 15.5 Å². The Morgan fingerprint density at radius 2 is 2.11 bits per heavy atom. The zero-order chi connectivity index (χ0) is 13.9. The molecule has 19 heavy (non-hydrogen) atoms. The monoisotopic (exact) mass is 264 g/mol. The summed E-state index contributed by atoms with van der Waals surface area (Å²) in [6, 6.07) is 3.38. The third-order valence-corrected chi connectivity index (χ3v) is 3.57. The fourth-order valence-corrected chi connectivity index (χ4v) is 2.49. The molecule has 0 unspecified atom stereocenters. The Hall–Kier alpha value is -1.69. The number of nitrogens with zero attached hydrogens (tertiary/aromatic N) is 3. The van der Waals surface area contributed by atoms with Crippen LogP contribution in [0.2, 0.25) is 0 Å². The predicted octanol–water partition coefficient (Wildman–Crippen LogP) is 0.577. The Morgan fingerprint density at radius 3 is 2.63 bits per heavy atom. The maximum atomic E-state index is 11.4. The number of carbonyl (C=O) groups is 1. The first-order chi connectivity index (χ1) is 9.04. The molecule has 1 fully saturated rings. The van der Waals surface area contributed by atoms with Crippen LogP contribution in [0.25, 0.3) is 0 Å². The van der Waals surface area contributed by atoms with E-state index in [-0.39, 0.29) is 5.91 Å². The van der Waals surface area contributed by atoms with Gasteiger partial charge >= 0.3 is 0 Å². The lowest BCUT2D eigenvalue weighted by molar-refractivity contribution is 0.0557. The van der Waals surface area contributed by atoms with Crippen molar-refractivity contribution in [2.75, 3.05) is 25.5 Å². The normalized spacial score (nSPS) is 17.2. The molecule has 0 aromatic carbocycles. The van der Waals surface area contributed by atoms with Gasteiger partial charge in [-0.1, -0.05) is 12.8 Å². The lowest BCUT2D eigenvalue weighted by atomic mass is 10.0. The minimum absolute atomic E-state index is 0.254. The molecule has 0 radical (unpaired) electrons. The van der Waals surface area contributed by atoms with Gasteiger partial charge in [-0.3, -0.25) is 4.79 Å². The number of aromatic nitrogens is 2. The molecule has 1 aromatic rings. The van der Waals surface area contributed by atoms with Crippen molar-refractivity contribution < 1.29 is 9.90 Å². The fraction of sp³-hybridized carbons (Fsp3) is 0.615. The molecule has 0 atom stereocenters. The van der Waals surface area contributed by atoms with Crippen LogP contribution in [0.1, 0.15) is 36.2 Å². The summed E-state index contributed by atoms with van der Waals surface area (Å²) in [5, 5.41) is 20.8. The summed E-state index contributed by atoms with van der Waals surface area (Å²) >= 11 is 0. The maximum Gasteiger partial charge on any atom is 0.271 e. The van der Waals surface area contributed by atoms with Gasteiger partial charge in [0.25, 0.3) is 5.91 Å². The van der Waals surface area contributed by atoms with Crippen molar-refractivity contribution in [1.82, 2.24) is 15.5 Å². The van der Waals surface area contributed by atoms with Crippen LogP contribution in [0.3, 0.4) is 0 Å². The number of hydrogen-bond acceptors (Lipinski definition) is 5. The van der Waals surface area contributed by atoms with Gasteiger partial charge in [-0.25, -0.2) is 0 Å². The minimum Gasteiger partial charge on any atom is -0.388 e. The maximum absolute atomic E-state index is 11.4. The summed E-state index contributed by atoms with van der Waals surface area (Å²) in [7, 11) is 3.43. The summed E-state index contributed by atoms with van der Waals surface area (Å²) in [5.74, 6) is 0.407. The molecular weight excluding hydrogens is 244 g/mol. The van der Waals surface area contributed by atoms with Crippen LogP contribution in [0.4, 0.5) is 5.82 Å². The Kier molecular flexibility index (Phi) is 3.99. The fourth-order valence-electron chi connectivity index (χ4n) is 2.49. The van der Waals surface area contributed by atoms with E-state index in [4.69, 9.17) is 0 Å². The molecule has 0 bridgehead atoms. The molecule has 1 aliphatic carbocycles. The van der Waals surface area contributed by atoms with Crippen molar-refractivity contribution in [3.05, 3.63) is 17.8 Å². The second-order valence-corrected chi connectivity index (χ2v) is 5.14. The van der Waals surface area contributed by atoms with Gasteiger partial charge in [0.05, 0.1) is 5.60 Å². The first-order valence-corrected chi connectivity index (χ1v) is 6.53. The smallest absolute Gasteiger partial charge is 0.271 e. The molecule has 0 saturated heterocycles. The quantitative estimate of drug-likeness (QED) is 0.831. The van der Waals surface area contributed by atoms with Crippen LogP contribution in [0.5, 0.6) is 0 Å². The highest BCUT2D eigenvalue weighted by atomic mass is 16.3. The van der Waals surface area contributed by atoms with Crippen LogP contribution < -0.4 is 10.2 Å². The second kappa shape index (κ2) is 5.52. The van der Waals surface area contributed by atoms with E-state index in [1.165, 1.54) is 0 Å². The van der Waals surface area contributed by atoms with Crippen molar-refractivity contribution in [3.8, 4) is 0 Å². The van der Waals surface area contributed by atoms with Gasteiger partial charge in [-0.2, -0.15) is 0 Å². The van der Waals surface area contributed by atoms with Gasteiger partial charge in [0.1, 0.15) is 0 Å². The van der Waals surface area contributed by atoms with Crippen LogP contribution in [0, 0.1) is 0 Å². The molecule has 2 N–H and O–H groups in total. The van der Waals surface area contributed by atoms with Crippen LogP contribution in [0.15, 0.2) is 12.1 Å². The first-order valence-electron chi connectivity index (χ1n) is 6.53. The molecule has 1 amide bonds. The van der Waals surface area contributed by atoms with E-state index in [1.54, 1.807) is 19.2 Å². The number of nitrogens with one attached hydrogen (secondary N) is 1. The zero-order valence-corrected chi connectivity index (χ0v) is 11.4. The highest BCUT2D eigenvalue weighted by molar-refractivity contribution is 5.91. The van der Waals surface area contributed by atoms with E-state index in [0.29, 0.717) is 18.1 Å². The highest BCUT2D eigenvalue weighted by Crippen LogP contribution is 2.30. The van der Waals surface area contributed by atoms with Gasteiger partial charge in [-0.05, 0) is 25.0 Å². The number of rotatable bonds is 4. The average molecular weight is 264 g/mol. The number of anilines is 1. The lowest BCUT2D eigenvalue weighted by Gasteiger charge is -2.28. The Balaban J connectivity index is 2.03.